The monoisotopic (exact) mass is 548 g/mol. The molecule has 11 heteroatoms. The Hall–Kier alpha value is -4.61. The summed E-state index contributed by atoms with van der Waals surface area (Å²) >= 11 is 5.20. The molecule has 200 valence electrons. The number of carbonyl (C=O) groups excluding carboxylic acids is 2. The van der Waals surface area contributed by atoms with Crippen molar-refractivity contribution in [3.63, 3.8) is 0 Å². The Morgan fingerprint density at radius 1 is 1.05 bits per heavy atom. The first-order valence-corrected chi connectivity index (χ1v) is 12.1. The van der Waals surface area contributed by atoms with Crippen molar-refractivity contribution in [1.82, 2.24) is 10.3 Å². The Kier molecular flexibility index (Phi) is 8.64. The quantitative estimate of drug-likeness (QED) is 0.262. The van der Waals surface area contributed by atoms with Crippen molar-refractivity contribution in [3.05, 3.63) is 89.4 Å². The van der Waals surface area contributed by atoms with Gasteiger partial charge in [0.2, 0.25) is 11.8 Å². The SMILES string of the molecule is COCc1cc2nccc(Oc3ccc(NC(=S)NC(=O)Cc4cccc(OC)c4)cc3F)c2cc1C(N)=O. The smallest absolute Gasteiger partial charge is 0.249 e. The number of primary amides is 1. The van der Waals surface area contributed by atoms with Gasteiger partial charge in [-0.3, -0.25) is 14.6 Å². The molecule has 0 aliphatic carbocycles. The number of benzene rings is 3. The first-order chi connectivity index (χ1) is 18.8. The summed E-state index contributed by atoms with van der Waals surface area (Å²) in [6, 6.07) is 16.1. The van der Waals surface area contributed by atoms with Gasteiger partial charge in [0.25, 0.3) is 0 Å². The number of nitrogens with zero attached hydrogens (tertiary/aromatic N) is 1. The van der Waals surface area contributed by atoms with Gasteiger partial charge in [-0.1, -0.05) is 12.1 Å². The number of nitrogens with one attached hydrogen (secondary N) is 2. The highest BCUT2D eigenvalue weighted by molar-refractivity contribution is 7.80. The number of methoxy groups -OCH3 is 2. The van der Waals surface area contributed by atoms with Crippen molar-refractivity contribution in [2.24, 2.45) is 5.73 Å². The summed E-state index contributed by atoms with van der Waals surface area (Å²) in [7, 11) is 3.05. The van der Waals surface area contributed by atoms with Gasteiger partial charge in [0.05, 0.1) is 25.7 Å². The molecule has 0 bridgehead atoms. The van der Waals surface area contributed by atoms with E-state index in [-0.39, 0.29) is 41.1 Å². The van der Waals surface area contributed by atoms with Crippen LogP contribution in [-0.4, -0.2) is 36.1 Å². The number of nitrogens with two attached hydrogens (primary N) is 1. The molecule has 3 aromatic carbocycles. The molecule has 4 aromatic rings. The largest absolute Gasteiger partial charge is 0.497 e. The number of rotatable bonds is 9. The van der Waals surface area contributed by atoms with E-state index in [0.29, 0.717) is 27.9 Å². The van der Waals surface area contributed by atoms with E-state index in [1.165, 1.54) is 25.4 Å². The molecule has 1 aromatic heterocycles. The number of hydrogen-bond acceptors (Lipinski definition) is 7. The highest BCUT2D eigenvalue weighted by Crippen LogP contribution is 2.33. The van der Waals surface area contributed by atoms with E-state index in [2.05, 4.69) is 15.6 Å². The molecule has 4 rings (SSSR count). The average Bonchev–Trinajstić information content (AvgIpc) is 2.90. The van der Waals surface area contributed by atoms with Crippen LogP contribution in [0.25, 0.3) is 10.9 Å². The van der Waals surface area contributed by atoms with Crippen LogP contribution in [-0.2, 0) is 22.6 Å². The van der Waals surface area contributed by atoms with Gasteiger partial charge < -0.3 is 30.6 Å². The van der Waals surface area contributed by atoms with Gasteiger partial charge in [-0.15, -0.1) is 0 Å². The van der Waals surface area contributed by atoms with Crippen LogP contribution in [0.1, 0.15) is 21.5 Å². The molecule has 0 saturated carbocycles. The van der Waals surface area contributed by atoms with Crippen LogP contribution in [0.15, 0.2) is 66.9 Å². The van der Waals surface area contributed by atoms with Crippen LogP contribution in [0, 0.1) is 5.82 Å². The fourth-order valence-electron chi connectivity index (χ4n) is 3.88. The van der Waals surface area contributed by atoms with Gasteiger partial charge in [0.15, 0.2) is 16.7 Å². The molecule has 0 fully saturated rings. The second-order valence-electron chi connectivity index (χ2n) is 8.41. The third-order valence-electron chi connectivity index (χ3n) is 5.65. The normalized spacial score (nSPS) is 10.6. The zero-order valence-corrected chi connectivity index (χ0v) is 21.9. The number of pyridine rings is 1. The molecule has 39 heavy (non-hydrogen) atoms. The van der Waals surface area contributed by atoms with E-state index in [1.807, 2.05) is 0 Å². The average molecular weight is 549 g/mol. The maximum absolute atomic E-state index is 15.0. The van der Waals surface area contributed by atoms with Crippen molar-refractivity contribution in [1.29, 1.82) is 0 Å². The number of aromatic nitrogens is 1. The second-order valence-corrected chi connectivity index (χ2v) is 8.82. The minimum Gasteiger partial charge on any atom is -0.497 e. The zero-order valence-electron chi connectivity index (χ0n) is 21.1. The number of carbonyl (C=O) groups is 2. The highest BCUT2D eigenvalue weighted by Gasteiger charge is 2.15. The second kappa shape index (κ2) is 12.3. The van der Waals surface area contributed by atoms with Crippen LogP contribution >= 0.6 is 12.2 Å². The number of amides is 2. The Labute approximate surface area is 229 Å². The summed E-state index contributed by atoms with van der Waals surface area (Å²) in [6.07, 6.45) is 1.60. The maximum Gasteiger partial charge on any atom is 0.249 e. The molecule has 0 radical (unpaired) electrons. The van der Waals surface area contributed by atoms with E-state index in [4.69, 9.17) is 32.2 Å². The van der Waals surface area contributed by atoms with E-state index in [9.17, 15) is 14.0 Å². The van der Waals surface area contributed by atoms with Crippen molar-refractivity contribution in [3.8, 4) is 17.2 Å². The fourth-order valence-corrected chi connectivity index (χ4v) is 4.12. The van der Waals surface area contributed by atoms with Gasteiger partial charge in [0, 0.05) is 36.0 Å². The molecular formula is C28H25FN4O5S. The molecule has 1 heterocycles. The third-order valence-corrected chi connectivity index (χ3v) is 5.86. The molecule has 4 N–H and O–H groups in total. The number of thiocarbonyl (C=S) groups is 1. The Bertz CT molecular complexity index is 1560. The Morgan fingerprint density at radius 2 is 1.87 bits per heavy atom. The van der Waals surface area contributed by atoms with Crippen LogP contribution < -0.4 is 25.8 Å². The summed E-state index contributed by atoms with van der Waals surface area (Å²) < 4.78 is 31.1. The van der Waals surface area contributed by atoms with Crippen molar-refractivity contribution in [2.45, 2.75) is 13.0 Å². The molecule has 9 nitrogen and oxygen atoms in total. The lowest BCUT2D eigenvalue weighted by Crippen LogP contribution is -2.35. The van der Waals surface area contributed by atoms with Crippen molar-refractivity contribution >= 4 is 45.7 Å². The standard InChI is InChI=1S/C28H25FN4O5S/c1-36-15-17-12-23-21(14-20(17)27(30)35)24(8-9-31-23)38-25-7-6-18(13-22(25)29)32-28(39)33-26(34)11-16-4-3-5-19(10-16)37-2/h3-10,12-14H,11,15H2,1-2H3,(H2,30,35)(H2,32,33,34,39). The molecule has 0 unspecified atom stereocenters. The van der Waals surface area contributed by atoms with Crippen LogP contribution in [0.4, 0.5) is 10.1 Å². The molecule has 0 spiro atoms. The number of ether oxygens (including phenoxy) is 3. The van der Waals surface area contributed by atoms with Crippen LogP contribution in [0.3, 0.4) is 0 Å². The molecule has 0 saturated heterocycles. The van der Waals surface area contributed by atoms with Crippen LogP contribution in [0.2, 0.25) is 0 Å². The summed E-state index contributed by atoms with van der Waals surface area (Å²) in [5.74, 6) is -0.792. The fraction of sp³-hybridized carbons (Fsp3) is 0.143. The Balaban J connectivity index is 1.45. The maximum atomic E-state index is 15.0. The minimum absolute atomic E-state index is 0.0157. The number of halogens is 1. The molecule has 0 atom stereocenters. The lowest BCUT2D eigenvalue weighted by atomic mass is 10.0. The highest BCUT2D eigenvalue weighted by atomic mass is 32.1. The Morgan fingerprint density at radius 3 is 2.59 bits per heavy atom. The van der Waals surface area contributed by atoms with Gasteiger partial charge in [0.1, 0.15) is 11.5 Å². The van der Waals surface area contributed by atoms with Crippen LogP contribution in [0.5, 0.6) is 17.2 Å². The van der Waals surface area contributed by atoms with E-state index < -0.39 is 11.7 Å². The van der Waals surface area contributed by atoms with E-state index >= 15 is 0 Å². The van der Waals surface area contributed by atoms with Crippen molar-refractivity contribution < 1.29 is 28.2 Å². The van der Waals surface area contributed by atoms with Crippen molar-refractivity contribution in [2.75, 3.05) is 19.5 Å². The van der Waals surface area contributed by atoms with E-state index in [0.717, 1.165) is 5.56 Å². The molecule has 2 amide bonds. The summed E-state index contributed by atoms with van der Waals surface area (Å²) in [4.78, 5) is 28.6. The first-order valence-electron chi connectivity index (χ1n) is 11.7. The lowest BCUT2D eigenvalue weighted by Gasteiger charge is -2.14. The molecule has 0 aliphatic heterocycles. The topological polar surface area (TPSA) is 125 Å². The number of hydrogen-bond donors (Lipinski definition) is 3. The van der Waals surface area contributed by atoms with Gasteiger partial charge in [-0.25, -0.2) is 4.39 Å². The lowest BCUT2D eigenvalue weighted by molar-refractivity contribution is -0.119. The predicted molar refractivity (Wildman–Crippen MR) is 149 cm³/mol. The van der Waals surface area contributed by atoms with Gasteiger partial charge >= 0.3 is 0 Å². The molecular weight excluding hydrogens is 523 g/mol. The minimum atomic E-state index is -0.679. The number of fused-ring (bicyclic) bond motifs is 1. The van der Waals surface area contributed by atoms with Gasteiger partial charge in [-0.2, -0.15) is 0 Å². The predicted octanol–water partition coefficient (Wildman–Crippen LogP) is 4.48. The summed E-state index contributed by atoms with van der Waals surface area (Å²) in [5, 5.41) is 5.85. The summed E-state index contributed by atoms with van der Waals surface area (Å²) in [6.45, 7) is 0.174. The van der Waals surface area contributed by atoms with E-state index in [1.54, 1.807) is 55.6 Å². The molecule has 0 aliphatic rings. The van der Waals surface area contributed by atoms with Gasteiger partial charge in [-0.05, 0) is 65.8 Å². The number of anilines is 1. The summed E-state index contributed by atoms with van der Waals surface area (Å²) in [5.41, 5.74) is 7.96. The zero-order chi connectivity index (χ0) is 27.9. The third kappa shape index (κ3) is 6.83. The first kappa shape index (κ1) is 27.4.